The first-order valence-electron chi connectivity index (χ1n) is 8.85. The molecule has 7 nitrogen and oxygen atoms in total. The zero-order valence-corrected chi connectivity index (χ0v) is 15.3. The molecular formula is C18H21F3N4O3. The van der Waals surface area contributed by atoms with Crippen LogP contribution in [-0.2, 0) is 22.7 Å². The molecule has 0 aromatic heterocycles. The van der Waals surface area contributed by atoms with Crippen molar-refractivity contribution in [3.05, 3.63) is 34.9 Å². The van der Waals surface area contributed by atoms with Crippen LogP contribution in [0.4, 0.5) is 13.2 Å². The summed E-state index contributed by atoms with van der Waals surface area (Å²) < 4.78 is 39.1. The molecule has 1 aromatic rings. The minimum absolute atomic E-state index is 0.0151. The van der Waals surface area contributed by atoms with Crippen molar-refractivity contribution in [1.82, 2.24) is 15.1 Å². The van der Waals surface area contributed by atoms with Gasteiger partial charge in [-0.05, 0) is 30.7 Å². The molecule has 2 unspecified atom stereocenters. The zero-order valence-electron chi connectivity index (χ0n) is 15.3. The molecule has 3 rings (SSSR count). The second-order valence-corrected chi connectivity index (χ2v) is 7.10. The Labute approximate surface area is 159 Å². The Hall–Kier alpha value is -2.46. The summed E-state index contributed by atoms with van der Waals surface area (Å²) >= 11 is 0. The number of nitrogens with one attached hydrogen (secondary N) is 1. The van der Waals surface area contributed by atoms with Crippen LogP contribution in [0.5, 0.6) is 0 Å². The molecule has 28 heavy (non-hydrogen) atoms. The summed E-state index contributed by atoms with van der Waals surface area (Å²) in [6.45, 7) is -0.356. The maximum Gasteiger partial charge on any atom is 0.405 e. The number of nitrogens with two attached hydrogens (primary N) is 1. The Morgan fingerprint density at radius 1 is 1.32 bits per heavy atom. The van der Waals surface area contributed by atoms with E-state index in [0.717, 1.165) is 4.90 Å². The summed E-state index contributed by atoms with van der Waals surface area (Å²) in [5, 5.41) is 2.23. The summed E-state index contributed by atoms with van der Waals surface area (Å²) in [6.07, 6.45) is -4.02. The van der Waals surface area contributed by atoms with Gasteiger partial charge in [-0.15, -0.1) is 0 Å². The van der Waals surface area contributed by atoms with E-state index in [-0.39, 0.29) is 37.7 Å². The Kier molecular flexibility index (Phi) is 5.44. The van der Waals surface area contributed by atoms with Crippen LogP contribution < -0.4 is 11.1 Å². The second kappa shape index (κ2) is 7.51. The molecule has 2 atom stereocenters. The maximum absolute atomic E-state index is 13.0. The highest BCUT2D eigenvalue weighted by molar-refractivity contribution is 6.05. The predicted molar refractivity (Wildman–Crippen MR) is 92.9 cm³/mol. The molecule has 2 aliphatic heterocycles. The van der Waals surface area contributed by atoms with Gasteiger partial charge in [-0.25, -0.2) is 0 Å². The number of carbonyl (C=O) groups is 3. The van der Waals surface area contributed by atoms with Gasteiger partial charge in [0.2, 0.25) is 11.8 Å². The lowest BCUT2D eigenvalue weighted by Gasteiger charge is -2.29. The van der Waals surface area contributed by atoms with Crippen LogP contribution in [0.15, 0.2) is 18.2 Å². The largest absolute Gasteiger partial charge is 0.405 e. The Balaban J connectivity index is 1.75. The van der Waals surface area contributed by atoms with Crippen LogP contribution in [0.1, 0.15) is 34.3 Å². The molecule has 2 heterocycles. The summed E-state index contributed by atoms with van der Waals surface area (Å²) in [4.78, 5) is 38.5. The first-order valence-corrected chi connectivity index (χ1v) is 8.85. The summed E-state index contributed by atoms with van der Waals surface area (Å²) in [5.41, 5.74) is 6.95. The number of nitrogens with zero attached hydrogens (tertiary/aromatic N) is 2. The van der Waals surface area contributed by atoms with E-state index in [9.17, 15) is 27.6 Å². The number of imide groups is 1. The number of likely N-dealkylation sites (N-methyl/N-ethyl adjacent to an activating group) is 1. The molecule has 3 amide bonds. The van der Waals surface area contributed by atoms with Crippen LogP contribution >= 0.6 is 0 Å². The molecule has 0 bridgehead atoms. The minimum Gasteiger partial charge on any atom is -0.329 e. The van der Waals surface area contributed by atoms with Crippen LogP contribution in [0.25, 0.3) is 0 Å². The molecule has 152 valence electrons. The molecule has 1 saturated heterocycles. The molecule has 0 saturated carbocycles. The van der Waals surface area contributed by atoms with Crippen molar-refractivity contribution < 1.29 is 27.6 Å². The molecule has 0 aliphatic carbocycles. The van der Waals surface area contributed by atoms with Crippen molar-refractivity contribution in [2.45, 2.75) is 44.2 Å². The summed E-state index contributed by atoms with van der Waals surface area (Å²) in [6, 6.07) is 2.36. The van der Waals surface area contributed by atoms with Crippen LogP contribution in [-0.4, -0.2) is 59.4 Å². The monoisotopic (exact) mass is 398 g/mol. The topological polar surface area (TPSA) is 95.7 Å². The lowest BCUT2D eigenvalue weighted by molar-refractivity contribution is -0.178. The van der Waals surface area contributed by atoms with E-state index in [4.69, 9.17) is 5.73 Å². The predicted octanol–water partition coefficient (Wildman–Crippen LogP) is 0.769. The van der Waals surface area contributed by atoms with Crippen LogP contribution in [0.2, 0.25) is 0 Å². The molecule has 1 aromatic carbocycles. The number of hydrogen-bond donors (Lipinski definition) is 2. The quantitative estimate of drug-likeness (QED) is 0.715. The van der Waals surface area contributed by atoms with Crippen molar-refractivity contribution in [2.24, 2.45) is 5.73 Å². The van der Waals surface area contributed by atoms with Gasteiger partial charge in [0.15, 0.2) is 0 Å². The van der Waals surface area contributed by atoms with Crippen LogP contribution in [0.3, 0.4) is 0 Å². The Bertz CT molecular complexity index is 812. The van der Waals surface area contributed by atoms with Gasteiger partial charge in [0.05, 0.1) is 0 Å². The van der Waals surface area contributed by atoms with Crippen molar-refractivity contribution in [3.63, 3.8) is 0 Å². The highest BCUT2D eigenvalue weighted by atomic mass is 19.4. The van der Waals surface area contributed by atoms with Gasteiger partial charge in [0.25, 0.3) is 5.91 Å². The third kappa shape index (κ3) is 3.88. The van der Waals surface area contributed by atoms with Gasteiger partial charge < -0.3 is 10.6 Å². The van der Waals surface area contributed by atoms with Gasteiger partial charge in [-0.2, -0.15) is 13.2 Å². The van der Waals surface area contributed by atoms with Gasteiger partial charge in [0.1, 0.15) is 12.1 Å². The number of fused-ring (bicyclic) bond motifs is 1. The highest BCUT2D eigenvalue weighted by Crippen LogP contribution is 2.29. The lowest BCUT2D eigenvalue weighted by atomic mass is 10.0. The van der Waals surface area contributed by atoms with E-state index in [1.807, 2.05) is 0 Å². The van der Waals surface area contributed by atoms with E-state index < -0.39 is 30.7 Å². The van der Waals surface area contributed by atoms with Crippen molar-refractivity contribution in [1.29, 1.82) is 0 Å². The zero-order chi connectivity index (χ0) is 20.6. The lowest BCUT2D eigenvalue weighted by Crippen LogP contribution is -2.52. The number of benzene rings is 1. The maximum atomic E-state index is 13.0. The molecular weight excluding hydrogens is 377 g/mol. The molecule has 0 spiro atoms. The third-order valence-electron chi connectivity index (χ3n) is 5.15. The highest BCUT2D eigenvalue weighted by Gasteiger charge is 2.42. The number of halogens is 3. The number of amides is 3. The third-order valence-corrected chi connectivity index (χ3v) is 5.15. The van der Waals surface area contributed by atoms with E-state index in [1.165, 1.54) is 11.9 Å². The number of hydrogen-bond acceptors (Lipinski definition) is 5. The Morgan fingerprint density at radius 2 is 2.04 bits per heavy atom. The smallest absolute Gasteiger partial charge is 0.329 e. The molecule has 10 heteroatoms. The molecule has 3 N–H and O–H groups in total. The number of piperidine rings is 1. The van der Waals surface area contributed by atoms with Crippen LogP contribution in [0, 0.1) is 0 Å². The number of alkyl halides is 3. The molecule has 1 fully saturated rings. The fraction of sp³-hybridized carbons (Fsp3) is 0.500. The minimum atomic E-state index is -4.43. The van der Waals surface area contributed by atoms with Gasteiger partial charge in [-0.3, -0.25) is 24.6 Å². The number of carbonyl (C=O) groups excluding carboxylic acids is 3. The van der Waals surface area contributed by atoms with Crippen molar-refractivity contribution in [3.8, 4) is 0 Å². The first kappa shape index (κ1) is 20.3. The van der Waals surface area contributed by atoms with E-state index in [2.05, 4.69) is 5.32 Å². The van der Waals surface area contributed by atoms with Gasteiger partial charge in [0, 0.05) is 31.6 Å². The normalized spacial score (nSPS) is 21.1. The number of rotatable bonds is 5. The van der Waals surface area contributed by atoms with E-state index in [0.29, 0.717) is 16.7 Å². The standard InChI is InChI=1S/C18H21F3N4O3/c1-24(14(7-22)18(19,20)21)8-10-2-3-12-11(6-10)9-25(17(12)28)13-4-5-15(26)23-16(13)27/h2-3,6,13-14H,4-5,7-9,22H2,1H3,(H,23,26,27). The average Bonchev–Trinajstić information content (AvgIpc) is 2.90. The fourth-order valence-corrected chi connectivity index (χ4v) is 3.69. The second-order valence-electron chi connectivity index (χ2n) is 7.10. The van der Waals surface area contributed by atoms with Gasteiger partial charge >= 0.3 is 6.18 Å². The van der Waals surface area contributed by atoms with E-state index >= 15 is 0 Å². The first-order chi connectivity index (χ1) is 13.1. The molecule has 2 aliphatic rings. The Morgan fingerprint density at radius 3 is 2.64 bits per heavy atom. The fourth-order valence-electron chi connectivity index (χ4n) is 3.69. The SMILES string of the molecule is CN(Cc1ccc2c(c1)CN(C1CCC(=O)NC1=O)C2=O)C(CN)C(F)(F)F. The van der Waals surface area contributed by atoms with Crippen molar-refractivity contribution >= 4 is 17.7 Å². The van der Waals surface area contributed by atoms with Crippen molar-refractivity contribution in [2.75, 3.05) is 13.6 Å². The summed E-state index contributed by atoms with van der Waals surface area (Å²) in [5.74, 6) is -1.19. The van der Waals surface area contributed by atoms with E-state index in [1.54, 1.807) is 18.2 Å². The average molecular weight is 398 g/mol. The summed E-state index contributed by atoms with van der Waals surface area (Å²) in [7, 11) is 1.35. The molecule has 0 radical (unpaired) electrons. The van der Waals surface area contributed by atoms with Gasteiger partial charge in [-0.1, -0.05) is 12.1 Å².